The van der Waals surface area contributed by atoms with E-state index in [9.17, 15) is 9.18 Å². The minimum absolute atomic E-state index is 0.124. The van der Waals surface area contributed by atoms with Crippen molar-refractivity contribution in [2.45, 2.75) is 13.0 Å². The highest BCUT2D eigenvalue weighted by Gasteiger charge is 2.04. The topological polar surface area (TPSA) is 63.3 Å². The van der Waals surface area contributed by atoms with Crippen LogP contribution in [-0.4, -0.2) is 11.1 Å². The Morgan fingerprint density at radius 1 is 1.54 bits per heavy atom. The number of carboxylic acid groups (broad SMARTS) is 1. The molecule has 0 atom stereocenters. The zero-order valence-electron chi connectivity index (χ0n) is 6.96. The first-order valence-electron chi connectivity index (χ1n) is 3.82. The van der Waals surface area contributed by atoms with Gasteiger partial charge in [0.05, 0.1) is 6.42 Å². The molecule has 0 unspecified atom stereocenters. The number of benzene rings is 1. The summed E-state index contributed by atoms with van der Waals surface area (Å²) in [6, 6.07) is 4.28. The van der Waals surface area contributed by atoms with Crippen LogP contribution >= 0.6 is 0 Å². The average Bonchev–Trinajstić information content (AvgIpc) is 2.03. The number of carboxylic acids is 1. The average molecular weight is 183 g/mol. The van der Waals surface area contributed by atoms with Gasteiger partial charge in [-0.2, -0.15) is 0 Å². The molecule has 3 nitrogen and oxygen atoms in total. The number of aliphatic carboxylic acids is 1. The number of halogens is 1. The molecule has 0 bridgehead atoms. The molecule has 13 heavy (non-hydrogen) atoms. The Bertz CT molecular complexity index is 325. The third-order valence-electron chi connectivity index (χ3n) is 1.69. The Balaban J connectivity index is 2.89. The van der Waals surface area contributed by atoms with Crippen LogP contribution in [0.4, 0.5) is 4.39 Å². The Kier molecular flexibility index (Phi) is 2.97. The minimum atomic E-state index is -0.972. The summed E-state index contributed by atoms with van der Waals surface area (Å²) in [6.45, 7) is 0.124. The molecule has 0 saturated carbocycles. The fourth-order valence-corrected chi connectivity index (χ4v) is 1.04. The smallest absolute Gasteiger partial charge is 0.307 e. The minimum Gasteiger partial charge on any atom is -0.481 e. The Morgan fingerprint density at radius 3 is 2.69 bits per heavy atom. The van der Waals surface area contributed by atoms with Crippen LogP contribution in [0.15, 0.2) is 18.2 Å². The molecule has 0 amide bonds. The van der Waals surface area contributed by atoms with E-state index in [1.807, 2.05) is 0 Å². The van der Waals surface area contributed by atoms with Crippen molar-refractivity contribution in [3.8, 4) is 0 Å². The summed E-state index contributed by atoms with van der Waals surface area (Å²) in [6.07, 6.45) is -0.165. The lowest BCUT2D eigenvalue weighted by molar-refractivity contribution is -0.136. The summed E-state index contributed by atoms with van der Waals surface area (Å²) >= 11 is 0. The van der Waals surface area contributed by atoms with Gasteiger partial charge in [0, 0.05) is 12.1 Å². The van der Waals surface area contributed by atoms with Crippen molar-refractivity contribution in [1.82, 2.24) is 0 Å². The van der Waals surface area contributed by atoms with Gasteiger partial charge in [0.2, 0.25) is 0 Å². The quantitative estimate of drug-likeness (QED) is 0.732. The molecule has 70 valence electrons. The number of nitrogens with two attached hydrogens (primary N) is 1. The van der Waals surface area contributed by atoms with Crippen LogP contribution in [0.2, 0.25) is 0 Å². The van der Waals surface area contributed by atoms with Gasteiger partial charge in [0.15, 0.2) is 0 Å². The second-order valence-corrected chi connectivity index (χ2v) is 2.70. The second-order valence-electron chi connectivity index (χ2n) is 2.70. The molecule has 0 fully saturated rings. The van der Waals surface area contributed by atoms with E-state index in [0.29, 0.717) is 11.1 Å². The van der Waals surface area contributed by atoms with Crippen LogP contribution in [0.3, 0.4) is 0 Å². The largest absolute Gasteiger partial charge is 0.481 e. The summed E-state index contributed by atoms with van der Waals surface area (Å²) in [5, 5.41) is 8.44. The third-order valence-corrected chi connectivity index (χ3v) is 1.69. The van der Waals surface area contributed by atoms with Crippen molar-refractivity contribution in [3.63, 3.8) is 0 Å². The van der Waals surface area contributed by atoms with Crippen molar-refractivity contribution in [1.29, 1.82) is 0 Å². The highest BCUT2D eigenvalue weighted by atomic mass is 19.1. The van der Waals surface area contributed by atoms with Crippen LogP contribution in [0.1, 0.15) is 11.1 Å². The zero-order valence-corrected chi connectivity index (χ0v) is 6.96. The maximum Gasteiger partial charge on any atom is 0.307 e. The molecule has 1 aromatic carbocycles. The number of hydrogen-bond donors (Lipinski definition) is 2. The Morgan fingerprint density at radius 2 is 2.23 bits per heavy atom. The highest BCUT2D eigenvalue weighted by Crippen LogP contribution is 2.10. The van der Waals surface area contributed by atoms with Crippen molar-refractivity contribution in [3.05, 3.63) is 35.1 Å². The molecule has 0 aliphatic rings. The number of rotatable bonds is 3. The van der Waals surface area contributed by atoms with Gasteiger partial charge < -0.3 is 10.8 Å². The standard InChI is InChI=1S/C9H10FNO2/c10-8-3-6(4-9(12)13)1-2-7(8)5-11/h1-3H,4-5,11H2,(H,12,13). The van der Waals surface area contributed by atoms with Crippen LogP contribution in [-0.2, 0) is 17.8 Å². The first-order valence-corrected chi connectivity index (χ1v) is 3.82. The van der Waals surface area contributed by atoms with Crippen LogP contribution in [0.25, 0.3) is 0 Å². The molecule has 4 heteroatoms. The van der Waals surface area contributed by atoms with Gasteiger partial charge in [0.25, 0.3) is 0 Å². The van der Waals surface area contributed by atoms with E-state index in [4.69, 9.17) is 10.8 Å². The maximum absolute atomic E-state index is 13.0. The molecule has 0 aliphatic carbocycles. The van der Waals surface area contributed by atoms with E-state index in [2.05, 4.69) is 0 Å². The molecular weight excluding hydrogens is 173 g/mol. The fraction of sp³-hybridized carbons (Fsp3) is 0.222. The summed E-state index contributed by atoms with van der Waals surface area (Å²) in [5.41, 5.74) is 6.09. The summed E-state index contributed by atoms with van der Waals surface area (Å²) in [4.78, 5) is 10.3. The first-order chi connectivity index (χ1) is 6.13. The summed E-state index contributed by atoms with van der Waals surface area (Å²) in [7, 11) is 0. The van der Waals surface area contributed by atoms with Gasteiger partial charge >= 0.3 is 5.97 Å². The van der Waals surface area contributed by atoms with E-state index < -0.39 is 11.8 Å². The summed E-state index contributed by atoms with van der Waals surface area (Å²) in [5.74, 6) is -1.42. The third kappa shape index (κ3) is 2.52. The van der Waals surface area contributed by atoms with Gasteiger partial charge in [-0.15, -0.1) is 0 Å². The molecule has 0 aliphatic heterocycles. The maximum atomic E-state index is 13.0. The Hall–Kier alpha value is -1.42. The Labute approximate surface area is 75.0 Å². The van der Waals surface area contributed by atoms with Gasteiger partial charge in [-0.05, 0) is 11.6 Å². The predicted molar refractivity (Wildman–Crippen MR) is 45.6 cm³/mol. The van der Waals surface area contributed by atoms with Crippen molar-refractivity contribution < 1.29 is 14.3 Å². The van der Waals surface area contributed by atoms with Crippen molar-refractivity contribution >= 4 is 5.97 Å². The van der Waals surface area contributed by atoms with E-state index >= 15 is 0 Å². The lowest BCUT2D eigenvalue weighted by atomic mass is 10.1. The number of carbonyl (C=O) groups is 1. The van der Waals surface area contributed by atoms with Gasteiger partial charge in [-0.3, -0.25) is 4.79 Å². The molecule has 3 N–H and O–H groups in total. The first kappa shape index (κ1) is 9.67. The molecule has 0 heterocycles. The van der Waals surface area contributed by atoms with E-state index in [-0.39, 0.29) is 13.0 Å². The van der Waals surface area contributed by atoms with Gasteiger partial charge in [-0.25, -0.2) is 4.39 Å². The monoisotopic (exact) mass is 183 g/mol. The zero-order chi connectivity index (χ0) is 9.84. The van der Waals surface area contributed by atoms with Crippen LogP contribution in [0, 0.1) is 5.82 Å². The molecular formula is C9H10FNO2. The van der Waals surface area contributed by atoms with E-state index in [1.54, 1.807) is 6.07 Å². The SMILES string of the molecule is NCc1ccc(CC(=O)O)cc1F. The normalized spacial score (nSPS) is 10.0. The van der Waals surface area contributed by atoms with Gasteiger partial charge in [-0.1, -0.05) is 12.1 Å². The summed E-state index contributed by atoms with van der Waals surface area (Å²) < 4.78 is 13.0. The fourth-order valence-electron chi connectivity index (χ4n) is 1.04. The van der Waals surface area contributed by atoms with Crippen molar-refractivity contribution in [2.75, 3.05) is 0 Å². The molecule has 0 saturated heterocycles. The second kappa shape index (κ2) is 4.00. The van der Waals surface area contributed by atoms with Gasteiger partial charge in [0.1, 0.15) is 5.82 Å². The van der Waals surface area contributed by atoms with Crippen LogP contribution < -0.4 is 5.73 Å². The molecule has 1 aromatic rings. The lowest BCUT2D eigenvalue weighted by Gasteiger charge is -2.01. The molecule has 1 rings (SSSR count). The molecule has 0 radical (unpaired) electrons. The predicted octanol–water partition coefficient (Wildman–Crippen LogP) is 0.911. The molecule has 0 spiro atoms. The van der Waals surface area contributed by atoms with Crippen LogP contribution in [0.5, 0.6) is 0 Å². The molecule has 0 aromatic heterocycles. The van der Waals surface area contributed by atoms with E-state index in [1.165, 1.54) is 12.1 Å². The van der Waals surface area contributed by atoms with Crippen molar-refractivity contribution in [2.24, 2.45) is 5.73 Å². The van der Waals surface area contributed by atoms with E-state index in [0.717, 1.165) is 0 Å². The number of hydrogen-bond acceptors (Lipinski definition) is 2. The lowest BCUT2D eigenvalue weighted by Crippen LogP contribution is -2.03. The highest BCUT2D eigenvalue weighted by molar-refractivity contribution is 5.70.